The van der Waals surface area contributed by atoms with E-state index in [0.717, 1.165) is 11.4 Å². The fourth-order valence-corrected chi connectivity index (χ4v) is 2.12. The molecule has 0 aliphatic carbocycles. The Labute approximate surface area is 150 Å². The van der Waals surface area contributed by atoms with Crippen molar-refractivity contribution in [3.05, 3.63) is 54.3 Å². The number of para-hydroxylation sites is 1. The van der Waals surface area contributed by atoms with Crippen molar-refractivity contribution in [2.75, 3.05) is 17.2 Å². The molecule has 2 aromatic rings. The first kappa shape index (κ1) is 17.9. The van der Waals surface area contributed by atoms with E-state index in [2.05, 4.69) is 21.5 Å². The number of ether oxygens (including phenoxy) is 1. The predicted molar refractivity (Wildman–Crippen MR) is 103 cm³/mol. The summed E-state index contributed by atoms with van der Waals surface area (Å²) >= 11 is 10.2. The van der Waals surface area contributed by atoms with Crippen molar-refractivity contribution in [3.63, 3.8) is 0 Å². The Hall–Kier alpha value is -2.45. The lowest BCUT2D eigenvalue weighted by molar-refractivity contribution is 0.340. The minimum atomic E-state index is -0.392. The molecule has 0 radical (unpaired) electrons. The third kappa shape index (κ3) is 5.64. The van der Waals surface area contributed by atoms with E-state index in [1.807, 2.05) is 31.2 Å². The maximum absolute atomic E-state index is 13.5. The molecule has 0 heterocycles. The van der Waals surface area contributed by atoms with E-state index in [1.54, 1.807) is 18.2 Å². The number of benzene rings is 2. The molecule has 5 nitrogen and oxygen atoms in total. The van der Waals surface area contributed by atoms with Crippen molar-refractivity contribution in [1.29, 1.82) is 0 Å². The number of rotatable bonds is 4. The summed E-state index contributed by atoms with van der Waals surface area (Å²) in [6.45, 7) is 2.54. The van der Waals surface area contributed by atoms with Crippen LogP contribution in [-0.2, 0) is 0 Å². The highest BCUT2D eigenvalue weighted by Gasteiger charge is 2.03. The summed E-state index contributed by atoms with van der Waals surface area (Å²) in [6.07, 6.45) is 0. The van der Waals surface area contributed by atoms with Gasteiger partial charge in [-0.3, -0.25) is 10.9 Å². The second-order valence-electron chi connectivity index (χ2n) is 4.60. The highest BCUT2D eigenvalue weighted by atomic mass is 32.1. The molecule has 8 heteroatoms. The monoisotopic (exact) mass is 364 g/mol. The lowest BCUT2D eigenvalue weighted by atomic mass is 10.3. The van der Waals surface area contributed by atoms with Gasteiger partial charge < -0.3 is 15.4 Å². The van der Waals surface area contributed by atoms with Gasteiger partial charge in [0, 0.05) is 5.69 Å². The topological polar surface area (TPSA) is 57.4 Å². The number of halogens is 1. The first-order chi connectivity index (χ1) is 11.6. The second kappa shape index (κ2) is 8.99. The molecule has 0 aliphatic heterocycles. The predicted octanol–water partition coefficient (Wildman–Crippen LogP) is 3.41. The van der Waals surface area contributed by atoms with Crippen LogP contribution in [0.5, 0.6) is 5.75 Å². The van der Waals surface area contributed by atoms with Crippen LogP contribution in [0.2, 0.25) is 0 Å². The molecule has 2 aromatic carbocycles. The quantitative estimate of drug-likeness (QED) is 0.490. The summed E-state index contributed by atoms with van der Waals surface area (Å²) in [5.74, 6) is 0.395. The lowest BCUT2D eigenvalue weighted by Gasteiger charge is -2.14. The van der Waals surface area contributed by atoms with Crippen LogP contribution >= 0.6 is 24.4 Å². The van der Waals surface area contributed by atoms with Gasteiger partial charge in [0.05, 0.1) is 12.3 Å². The summed E-state index contributed by atoms with van der Waals surface area (Å²) in [7, 11) is 0. The lowest BCUT2D eigenvalue weighted by Crippen LogP contribution is -2.45. The van der Waals surface area contributed by atoms with Crippen molar-refractivity contribution in [2.24, 2.45) is 0 Å². The van der Waals surface area contributed by atoms with E-state index in [-0.39, 0.29) is 10.8 Å². The highest BCUT2D eigenvalue weighted by Crippen LogP contribution is 2.15. The summed E-state index contributed by atoms with van der Waals surface area (Å²) in [5.41, 5.74) is 6.49. The molecular formula is C16H17FN4OS2. The number of thiocarbonyl (C=S) groups is 2. The summed E-state index contributed by atoms with van der Waals surface area (Å²) in [6, 6.07) is 13.6. The van der Waals surface area contributed by atoms with Crippen LogP contribution in [0.3, 0.4) is 0 Å². The third-order valence-electron chi connectivity index (χ3n) is 2.83. The second-order valence-corrected chi connectivity index (χ2v) is 5.41. The van der Waals surface area contributed by atoms with Gasteiger partial charge in [-0.2, -0.15) is 0 Å². The molecular weight excluding hydrogens is 347 g/mol. The fraction of sp³-hybridized carbons (Fsp3) is 0.125. The number of hydrazine groups is 1. The molecule has 4 N–H and O–H groups in total. The highest BCUT2D eigenvalue weighted by molar-refractivity contribution is 7.81. The van der Waals surface area contributed by atoms with Crippen LogP contribution in [0.25, 0.3) is 0 Å². The summed E-state index contributed by atoms with van der Waals surface area (Å²) in [4.78, 5) is 0. The zero-order chi connectivity index (χ0) is 17.4. The van der Waals surface area contributed by atoms with Crippen molar-refractivity contribution < 1.29 is 9.13 Å². The van der Waals surface area contributed by atoms with E-state index in [0.29, 0.717) is 11.7 Å². The van der Waals surface area contributed by atoms with E-state index in [9.17, 15) is 4.39 Å². The molecule has 0 bridgehead atoms. The van der Waals surface area contributed by atoms with Gasteiger partial charge in [0.25, 0.3) is 0 Å². The molecule has 0 aliphatic rings. The van der Waals surface area contributed by atoms with E-state index < -0.39 is 5.82 Å². The Morgan fingerprint density at radius 3 is 2.21 bits per heavy atom. The van der Waals surface area contributed by atoms with Gasteiger partial charge in [-0.15, -0.1) is 0 Å². The van der Waals surface area contributed by atoms with Crippen LogP contribution in [0.4, 0.5) is 15.8 Å². The molecule has 0 unspecified atom stereocenters. The number of hydrogen-bond donors (Lipinski definition) is 4. The first-order valence-electron chi connectivity index (χ1n) is 7.20. The average molecular weight is 364 g/mol. The summed E-state index contributed by atoms with van der Waals surface area (Å²) in [5, 5.41) is 6.22. The molecule has 24 heavy (non-hydrogen) atoms. The Morgan fingerprint density at radius 2 is 1.58 bits per heavy atom. The Bertz CT molecular complexity index is 709. The Kier molecular flexibility index (Phi) is 6.71. The van der Waals surface area contributed by atoms with Gasteiger partial charge in [-0.25, -0.2) is 4.39 Å². The third-order valence-corrected chi connectivity index (χ3v) is 3.24. The molecule has 0 spiro atoms. The van der Waals surface area contributed by atoms with Crippen LogP contribution in [0.15, 0.2) is 48.5 Å². The summed E-state index contributed by atoms with van der Waals surface area (Å²) < 4.78 is 18.9. The zero-order valence-electron chi connectivity index (χ0n) is 12.9. The van der Waals surface area contributed by atoms with Crippen LogP contribution in [0.1, 0.15) is 6.92 Å². The fourth-order valence-electron chi connectivity index (χ4n) is 1.79. The minimum Gasteiger partial charge on any atom is -0.494 e. The Balaban J connectivity index is 1.78. The van der Waals surface area contributed by atoms with Crippen molar-refractivity contribution >= 4 is 46.0 Å². The molecule has 0 fully saturated rings. The van der Waals surface area contributed by atoms with Crippen LogP contribution < -0.4 is 26.2 Å². The van der Waals surface area contributed by atoms with Gasteiger partial charge in [0.15, 0.2) is 10.2 Å². The standard InChI is InChI=1S/C16H17FN4OS2/c1-2-22-12-9-7-11(8-10-12)18-15(23)20-21-16(24)19-14-6-4-3-5-13(14)17/h3-10H,2H2,1H3,(H2,18,20,23)(H2,19,21,24). The molecule has 0 saturated carbocycles. The van der Waals surface area contributed by atoms with E-state index >= 15 is 0 Å². The molecule has 2 rings (SSSR count). The van der Waals surface area contributed by atoms with Gasteiger partial charge in [0.2, 0.25) is 0 Å². The van der Waals surface area contributed by atoms with Gasteiger partial charge in [-0.1, -0.05) is 12.1 Å². The molecule has 0 aromatic heterocycles. The van der Waals surface area contributed by atoms with Crippen molar-refractivity contribution in [3.8, 4) is 5.75 Å². The average Bonchev–Trinajstić information content (AvgIpc) is 2.57. The van der Waals surface area contributed by atoms with Crippen molar-refractivity contribution in [2.45, 2.75) is 6.92 Å². The minimum absolute atomic E-state index is 0.191. The smallest absolute Gasteiger partial charge is 0.189 e. The van der Waals surface area contributed by atoms with E-state index in [4.69, 9.17) is 29.2 Å². The van der Waals surface area contributed by atoms with Crippen molar-refractivity contribution in [1.82, 2.24) is 10.9 Å². The number of hydrogen-bond acceptors (Lipinski definition) is 3. The van der Waals surface area contributed by atoms with Gasteiger partial charge >= 0.3 is 0 Å². The maximum atomic E-state index is 13.5. The molecule has 0 saturated heterocycles. The van der Waals surface area contributed by atoms with E-state index in [1.165, 1.54) is 6.07 Å². The largest absolute Gasteiger partial charge is 0.494 e. The normalized spacial score (nSPS) is 9.75. The van der Waals surface area contributed by atoms with Crippen LogP contribution in [-0.4, -0.2) is 16.8 Å². The molecule has 126 valence electrons. The molecule has 0 atom stereocenters. The molecule has 0 amide bonds. The number of nitrogens with one attached hydrogen (secondary N) is 4. The Morgan fingerprint density at radius 1 is 0.958 bits per heavy atom. The zero-order valence-corrected chi connectivity index (χ0v) is 14.6. The van der Waals surface area contributed by atoms with Gasteiger partial charge in [0.1, 0.15) is 11.6 Å². The van der Waals surface area contributed by atoms with Crippen LogP contribution in [0, 0.1) is 5.82 Å². The maximum Gasteiger partial charge on any atom is 0.189 e. The number of anilines is 2. The SMILES string of the molecule is CCOc1ccc(NC(=S)NNC(=S)Nc2ccccc2F)cc1. The van der Waals surface area contributed by atoms with Gasteiger partial charge in [-0.05, 0) is 67.8 Å². The first-order valence-corrected chi connectivity index (χ1v) is 8.01.